The third kappa shape index (κ3) is 4.41. The van der Waals surface area contributed by atoms with Gasteiger partial charge < -0.3 is 5.73 Å². The Balaban J connectivity index is 2.59. The fourth-order valence-electron chi connectivity index (χ4n) is 1.35. The molecular formula is C11H15ClFNS. The molecular weight excluding hydrogens is 233 g/mol. The van der Waals surface area contributed by atoms with Gasteiger partial charge in [-0.3, -0.25) is 0 Å². The van der Waals surface area contributed by atoms with Crippen LogP contribution in [-0.4, -0.2) is 18.1 Å². The molecule has 0 aromatic heterocycles. The van der Waals surface area contributed by atoms with Gasteiger partial charge in [-0.15, -0.1) is 0 Å². The van der Waals surface area contributed by atoms with E-state index in [0.29, 0.717) is 11.4 Å². The molecule has 1 aromatic carbocycles. The molecule has 2 N–H and O–H groups in total. The first kappa shape index (κ1) is 12.8. The Morgan fingerprint density at radius 2 is 2.27 bits per heavy atom. The molecule has 0 bridgehead atoms. The standard InChI is InChI=1S/C11H15ClFNS/c1-15-5-4-10(14)7-8-6-9(13)2-3-11(8)12/h2-3,6,10H,4-5,7,14H2,1H3. The second-order valence-corrected chi connectivity index (χ2v) is 4.87. The smallest absolute Gasteiger partial charge is 0.123 e. The van der Waals surface area contributed by atoms with Crippen LogP contribution in [0.5, 0.6) is 0 Å². The average Bonchev–Trinajstić information content (AvgIpc) is 2.20. The molecule has 84 valence electrons. The van der Waals surface area contributed by atoms with Crippen molar-refractivity contribution in [2.24, 2.45) is 5.73 Å². The lowest BCUT2D eigenvalue weighted by atomic mass is 10.0. The van der Waals surface area contributed by atoms with Gasteiger partial charge >= 0.3 is 0 Å². The van der Waals surface area contributed by atoms with Crippen molar-refractivity contribution >= 4 is 23.4 Å². The van der Waals surface area contributed by atoms with Crippen molar-refractivity contribution in [3.63, 3.8) is 0 Å². The van der Waals surface area contributed by atoms with E-state index in [9.17, 15) is 4.39 Å². The summed E-state index contributed by atoms with van der Waals surface area (Å²) in [7, 11) is 0. The Labute approximate surface area is 99.2 Å². The molecule has 0 heterocycles. The van der Waals surface area contributed by atoms with Crippen LogP contribution >= 0.6 is 23.4 Å². The second-order valence-electron chi connectivity index (χ2n) is 3.48. The second kappa shape index (κ2) is 6.36. The van der Waals surface area contributed by atoms with Crippen LogP contribution in [0.4, 0.5) is 4.39 Å². The molecule has 0 radical (unpaired) electrons. The summed E-state index contributed by atoms with van der Waals surface area (Å²) in [6.07, 6.45) is 3.60. The van der Waals surface area contributed by atoms with Crippen LogP contribution in [0, 0.1) is 5.82 Å². The molecule has 0 saturated heterocycles. The van der Waals surface area contributed by atoms with Crippen molar-refractivity contribution < 1.29 is 4.39 Å². The zero-order valence-electron chi connectivity index (χ0n) is 8.67. The van der Waals surface area contributed by atoms with Gasteiger partial charge in [-0.1, -0.05) is 11.6 Å². The number of nitrogens with two attached hydrogens (primary N) is 1. The minimum Gasteiger partial charge on any atom is -0.327 e. The first-order valence-corrected chi connectivity index (χ1v) is 6.59. The van der Waals surface area contributed by atoms with E-state index in [-0.39, 0.29) is 11.9 Å². The Morgan fingerprint density at radius 1 is 1.53 bits per heavy atom. The van der Waals surface area contributed by atoms with Crippen molar-refractivity contribution in [1.29, 1.82) is 0 Å². The summed E-state index contributed by atoms with van der Waals surface area (Å²) in [5, 5.41) is 0.594. The first-order chi connectivity index (χ1) is 7.13. The van der Waals surface area contributed by atoms with E-state index in [1.807, 2.05) is 6.26 Å². The molecule has 0 aliphatic rings. The van der Waals surface area contributed by atoms with Gasteiger partial charge in [0.1, 0.15) is 5.82 Å². The predicted octanol–water partition coefficient (Wildman–Crippen LogP) is 3.10. The molecule has 0 aliphatic carbocycles. The lowest BCUT2D eigenvalue weighted by Gasteiger charge is -2.11. The molecule has 0 spiro atoms. The number of benzene rings is 1. The number of thioether (sulfide) groups is 1. The topological polar surface area (TPSA) is 26.0 Å². The van der Waals surface area contributed by atoms with Crippen LogP contribution < -0.4 is 5.73 Å². The molecule has 1 aromatic rings. The zero-order valence-corrected chi connectivity index (χ0v) is 10.2. The maximum absolute atomic E-state index is 12.9. The lowest BCUT2D eigenvalue weighted by molar-refractivity contribution is 0.616. The van der Waals surface area contributed by atoms with Crippen molar-refractivity contribution in [3.8, 4) is 0 Å². The lowest BCUT2D eigenvalue weighted by Crippen LogP contribution is -2.23. The predicted molar refractivity (Wildman–Crippen MR) is 66.1 cm³/mol. The Kier molecular flexibility index (Phi) is 5.43. The van der Waals surface area contributed by atoms with E-state index in [1.165, 1.54) is 12.1 Å². The maximum Gasteiger partial charge on any atom is 0.123 e. The Hall–Kier alpha value is -0.250. The highest BCUT2D eigenvalue weighted by Crippen LogP contribution is 2.19. The number of hydrogen-bond donors (Lipinski definition) is 1. The van der Waals surface area contributed by atoms with Crippen molar-refractivity contribution in [3.05, 3.63) is 34.6 Å². The molecule has 1 unspecified atom stereocenters. The third-order valence-corrected chi connectivity index (χ3v) is 3.20. The van der Waals surface area contributed by atoms with Crippen molar-refractivity contribution in [2.45, 2.75) is 18.9 Å². The van der Waals surface area contributed by atoms with Crippen LogP contribution in [0.25, 0.3) is 0 Å². The van der Waals surface area contributed by atoms with Crippen LogP contribution in [0.2, 0.25) is 5.02 Å². The summed E-state index contributed by atoms with van der Waals surface area (Å²) in [5.41, 5.74) is 6.71. The maximum atomic E-state index is 12.9. The van der Waals surface area contributed by atoms with Gasteiger partial charge in [-0.25, -0.2) is 4.39 Å². The van der Waals surface area contributed by atoms with E-state index in [0.717, 1.165) is 17.7 Å². The van der Waals surface area contributed by atoms with Gasteiger partial charge in [0, 0.05) is 11.1 Å². The monoisotopic (exact) mass is 247 g/mol. The molecule has 15 heavy (non-hydrogen) atoms. The fraction of sp³-hybridized carbons (Fsp3) is 0.455. The van der Waals surface area contributed by atoms with Crippen LogP contribution in [-0.2, 0) is 6.42 Å². The summed E-state index contributed by atoms with van der Waals surface area (Å²) < 4.78 is 12.9. The minimum atomic E-state index is -0.258. The van der Waals surface area contributed by atoms with Gasteiger partial charge in [0.25, 0.3) is 0 Å². The van der Waals surface area contributed by atoms with E-state index in [2.05, 4.69) is 0 Å². The number of halogens is 2. The minimum absolute atomic E-state index is 0.0525. The molecule has 0 fully saturated rings. The van der Waals surface area contributed by atoms with Gasteiger partial charge in [0.05, 0.1) is 0 Å². The highest BCUT2D eigenvalue weighted by molar-refractivity contribution is 7.98. The highest BCUT2D eigenvalue weighted by Gasteiger charge is 2.08. The quantitative estimate of drug-likeness (QED) is 0.865. The van der Waals surface area contributed by atoms with Gasteiger partial charge in [-0.2, -0.15) is 11.8 Å². The van der Waals surface area contributed by atoms with E-state index < -0.39 is 0 Å². The fourth-order valence-corrected chi connectivity index (χ4v) is 2.09. The Bertz CT molecular complexity index is 319. The van der Waals surface area contributed by atoms with Crippen molar-refractivity contribution in [1.82, 2.24) is 0 Å². The van der Waals surface area contributed by atoms with Gasteiger partial charge in [0.15, 0.2) is 0 Å². The molecule has 1 rings (SSSR count). The van der Waals surface area contributed by atoms with Crippen LogP contribution in [0.1, 0.15) is 12.0 Å². The largest absolute Gasteiger partial charge is 0.327 e. The Morgan fingerprint density at radius 3 is 2.93 bits per heavy atom. The van der Waals surface area contributed by atoms with Crippen LogP contribution in [0.15, 0.2) is 18.2 Å². The summed E-state index contributed by atoms with van der Waals surface area (Å²) in [5.74, 6) is 0.764. The molecule has 0 saturated carbocycles. The van der Waals surface area contributed by atoms with E-state index in [1.54, 1.807) is 17.8 Å². The molecule has 0 aliphatic heterocycles. The molecule has 0 amide bonds. The third-order valence-electron chi connectivity index (χ3n) is 2.18. The summed E-state index contributed by atoms with van der Waals surface area (Å²) in [6.45, 7) is 0. The first-order valence-electron chi connectivity index (χ1n) is 4.82. The average molecular weight is 248 g/mol. The van der Waals surface area contributed by atoms with Gasteiger partial charge in [-0.05, 0) is 48.6 Å². The number of rotatable bonds is 5. The molecule has 4 heteroatoms. The normalized spacial score (nSPS) is 12.8. The van der Waals surface area contributed by atoms with E-state index in [4.69, 9.17) is 17.3 Å². The summed E-state index contributed by atoms with van der Waals surface area (Å²) in [6, 6.07) is 4.45. The zero-order chi connectivity index (χ0) is 11.3. The molecule has 1 nitrogen and oxygen atoms in total. The SMILES string of the molecule is CSCCC(N)Cc1cc(F)ccc1Cl. The highest BCUT2D eigenvalue weighted by atomic mass is 35.5. The van der Waals surface area contributed by atoms with Crippen LogP contribution in [0.3, 0.4) is 0 Å². The van der Waals surface area contributed by atoms with E-state index >= 15 is 0 Å². The number of hydrogen-bond acceptors (Lipinski definition) is 2. The summed E-state index contributed by atoms with van der Waals surface area (Å²) >= 11 is 7.71. The van der Waals surface area contributed by atoms with Crippen molar-refractivity contribution in [2.75, 3.05) is 12.0 Å². The molecule has 1 atom stereocenters. The summed E-state index contributed by atoms with van der Waals surface area (Å²) in [4.78, 5) is 0. The van der Waals surface area contributed by atoms with Gasteiger partial charge in [0.2, 0.25) is 0 Å².